The quantitative estimate of drug-likeness (QED) is 0.751. The molecule has 106 valence electrons. The minimum atomic E-state index is -0.925. The summed E-state index contributed by atoms with van der Waals surface area (Å²) in [5, 5.41) is 12.3. The lowest BCUT2D eigenvalue weighted by molar-refractivity contribution is 0.0695. The molecule has 1 heterocycles. The van der Waals surface area contributed by atoms with Crippen molar-refractivity contribution in [2.24, 2.45) is 5.92 Å². The predicted octanol–water partition coefficient (Wildman–Crippen LogP) is 3.72. The second kappa shape index (κ2) is 7.77. The summed E-state index contributed by atoms with van der Waals surface area (Å²) in [5.74, 6) is 0.490. The van der Waals surface area contributed by atoms with E-state index >= 15 is 0 Å². The van der Waals surface area contributed by atoms with Crippen LogP contribution >= 0.6 is 0 Å². The van der Waals surface area contributed by atoms with Gasteiger partial charge in [-0.1, -0.05) is 33.1 Å². The molecule has 0 aliphatic heterocycles. The van der Waals surface area contributed by atoms with Gasteiger partial charge in [-0.3, -0.25) is 0 Å². The molecule has 0 amide bonds. The first-order chi connectivity index (χ1) is 9.08. The lowest BCUT2D eigenvalue weighted by atomic mass is 9.99. The summed E-state index contributed by atoms with van der Waals surface area (Å²) in [6, 6.07) is 3.35. The maximum absolute atomic E-state index is 10.9. The van der Waals surface area contributed by atoms with E-state index in [0.29, 0.717) is 11.6 Å². The summed E-state index contributed by atoms with van der Waals surface area (Å²) in [6.07, 6.45) is 4.86. The molecule has 0 bridgehead atoms. The van der Waals surface area contributed by atoms with Crippen molar-refractivity contribution >= 4 is 11.8 Å². The molecule has 0 spiro atoms. The number of rotatable bonds is 8. The number of hydrogen-bond acceptors (Lipinski definition) is 3. The molecular formula is C15H24N2O2. The van der Waals surface area contributed by atoms with E-state index in [1.807, 2.05) is 0 Å². The molecule has 0 radical (unpaired) electrons. The molecule has 0 fully saturated rings. The summed E-state index contributed by atoms with van der Waals surface area (Å²) in [5.41, 5.74) is 0.822. The number of aryl methyl sites for hydroxylation is 1. The Morgan fingerprint density at radius 3 is 2.68 bits per heavy atom. The monoisotopic (exact) mass is 264 g/mol. The van der Waals surface area contributed by atoms with Crippen molar-refractivity contribution in [1.82, 2.24) is 4.98 Å². The van der Waals surface area contributed by atoms with E-state index in [0.717, 1.165) is 18.8 Å². The van der Waals surface area contributed by atoms with Gasteiger partial charge in [-0.05, 0) is 31.4 Å². The number of carbonyl (C=O) groups is 1. The zero-order valence-corrected chi connectivity index (χ0v) is 12.1. The van der Waals surface area contributed by atoms with E-state index in [2.05, 4.69) is 24.1 Å². The lowest BCUT2D eigenvalue weighted by Crippen LogP contribution is -2.15. The van der Waals surface area contributed by atoms with Crippen LogP contribution in [-0.4, -0.2) is 22.6 Å². The Kier molecular flexibility index (Phi) is 6.33. The van der Waals surface area contributed by atoms with Crippen LogP contribution in [0.3, 0.4) is 0 Å². The smallest absolute Gasteiger partial charge is 0.337 e. The second-order valence-corrected chi connectivity index (χ2v) is 4.93. The largest absolute Gasteiger partial charge is 0.478 e. The third kappa shape index (κ3) is 4.89. The van der Waals surface area contributed by atoms with Gasteiger partial charge in [0.1, 0.15) is 5.82 Å². The summed E-state index contributed by atoms with van der Waals surface area (Å²) in [7, 11) is 0. The van der Waals surface area contributed by atoms with Crippen molar-refractivity contribution in [3.05, 3.63) is 23.4 Å². The Balaban J connectivity index is 2.57. The molecule has 19 heavy (non-hydrogen) atoms. The highest BCUT2D eigenvalue weighted by molar-refractivity contribution is 5.89. The summed E-state index contributed by atoms with van der Waals surface area (Å²) < 4.78 is 0. The second-order valence-electron chi connectivity index (χ2n) is 4.93. The van der Waals surface area contributed by atoms with Crippen molar-refractivity contribution < 1.29 is 9.90 Å². The van der Waals surface area contributed by atoms with E-state index in [-0.39, 0.29) is 5.56 Å². The first-order valence-electron chi connectivity index (χ1n) is 7.03. The number of carboxylic acids is 1. The molecule has 0 saturated carbocycles. The fourth-order valence-corrected chi connectivity index (χ4v) is 2.08. The van der Waals surface area contributed by atoms with Crippen molar-refractivity contribution in [1.29, 1.82) is 0 Å². The number of nitrogens with one attached hydrogen (secondary N) is 1. The third-order valence-corrected chi connectivity index (χ3v) is 3.43. The molecule has 1 unspecified atom stereocenters. The number of nitrogens with zero attached hydrogens (tertiary/aromatic N) is 1. The molecule has 1 atom stereocenters. The fourth-order valence-electron chi connectivity index (χ4n) is 2.08. The molecule has 0 aliphatic rings. The van der Waals surface area contributed by atoms with Crippen LogP contribution in [0.25, 0.3) is 0 Å². The summed E-state index contributed by atoms with van der Waals surface area (Å²) in [4.78, 5) is 15.2. The van der Waals surface area contributed by atoms with Crippen LogP contribution in [-0.2, 0) is 0 Å². The molecular weight excluding hydrogens is 240 g/mol. The van der Waals surface area contributed by atoms with Gasteiger partial charge in [-0.15, -0.1) is 0 Å². The van der Waals surface area contributed by atoms with E-state index in [4.69, 9.17) is 5.11 Å². The van der Waals surface area contributed by atoms with Gasteiger partial charge in [0.05, 0.1) is 11.3 Å². The summed E-state index contributed by atoms with van der Waals surface area (Å²) >= 11 is 0. The van der Waals surface area contributed by atoms with Gasteiger partial charge in [0.25, 0.3) is 0 Å². The van der Waals surface area contributed by atoms with Crippen LogP contribution in [0.4, 0.5) is 5.82 Å². The Bertz CT molecular complexity index is 419. The van der Waals surface area contributed by atoms with Crippen molar-refractivity contribution in [3.8, 4) is 0 Å². The summed E-state index contributed by atoms with van der Waals surface area (Å²) in [6.45, 7) is 7.03. The zero-order valence-electron chi connectivity index (χ0n) is 12.1. The van der Waals surface area contributed by atoms with Crippen LogP contribution in [0.15, 0.2) is 12.1 Å². The van der Waals surface area contributed by atoms with Gasteiger partial charge in [-0.25, -0.2) is 9.78 Å². The Morgan fingerprint density at radius 2 is 2.16 bits per heavy atom. The van der Waals surface area contributed by atoms with Crippen LogP contribution in [0.1, 0.15) is 55.6 Å². The fraction of sp³-hybridized carbons (Fsp3) is 0.600. The molecule has 1 rings (SSSR count). The molecule has 1 aromatic heterocycles. The van der Waals surface area contributed by atoms with Gasteiger partial charge in [0.15, 0.2) is 0 Å². The van der Waals surface area contributed by atoms with Crippen molar-refractivity contribution in [2.45, 2.75) is 46.5 Å². The Labute approximate surface area is 115 Å². The van der Waals surface area contributed by atoms with E-state index in [1.54, 1.807) is 19.1 Å². The van der Waals surface area contributed by atoms with Gasteiger partial charge in [-0.2, -0.15) is 0 Å². The molecule has 1 aromatic rings. The normalized spacial score (nSPS) is 12.2. The Morgan fingerprint density at radius 1 is 1.42 bits per heavy atom. The standard InChI is InChI=1S/C15H24N2O2/c1-4-6-7-12(5-2)10-16-14-9-8-13(15(18)19)11(3)17-14/h8-9,12H,4-7,10H2,1-3H3,(H,16,17)(H,18,19). The first-order valence-corrected chi connectivity index (χ1v) is 7.03. The third-order valence-electron chi connectivity index (χ3n) is 3.43. The molecule has 4 nitrogen and oxygen atoms in total. The maximum atomic E-state index is 10.9. The average molecular weight is 264 g/mol. The number of anilines is 1. The molecule has 0 saturated heterocycles. The van der Waals surface area contributed by atoms with Gasteiger partial charge < -0.3 is 10.4 Å². The van der Waals surface area contributed by atoms with Gasteiger partial charge >= 0.3 is 5.97 Å². The molecule has 2 N–H and O–H groups in total. The van der Waals surface area contributed by atoms with Crippen LogP contribution in [0.5, 0.6) is 0 Å². The van der Waals surface area contributed by atoms with Crippen molar-refractivity contribution in [2.75, 3.05) is 11.9 Å². The Hall–Kier alpha value is -1.58. The van der Waals surface area contributed by atoms with Gasteiger partial charge in [0, 0.05) is 6.54 Å². The predicted molar refractivity (Wildman–Crippen MR) is 77.7 cm³/mol. The number of aromatic carboxylic acids is 1. The van der Waals surface area contributed by atoms with Crippen LogP contribution in [0, 0.1) is 12.8 Å². The van der Waals surface area contributed by atoms with Crippen LogP contribution < -0.4 is 5.32 Å². The van der Waals surface area contributed by atoms with Gasteiger partial charge in [0.2, 0.25) is 0 Å². The maximum Gasteiger partial charge on any atom is 0.337 e. The number of unbranched alkanes of at least 4 members (excludes halogenated alkanes) is 1. The average Bonchev–Trinajstić information content (AvgIpc) is 2.38. The van der Waals surface area contributed by atoms with E-state index in [1.165, 1.54) is 19.3 Å². The number of hydrogen-bond donors (Lipinski definition) is 2. The number of pyridine rings is 1. The molecule has 4 heteroatoms. The highest BCUT2D eigenvalue weighted by Crippen LogP contribution is 2.15. The minimum Gasteiger partial charge on any atom is -0.478 e. The SMILES string of the molecule is CCCCC(CC)CNc1ccc(C(=O)O)c(C)n1. The van der Waals surface area contributed by atoms with Crippen molar-refractivity contribution in [3.63, 3.8) is 0 Å². The minimum absolute atomic E-state index is 0.267. The zero-order chi connectivity index (χ0) is 14.3. The van der Waals surface area contributed by atoms with Crippen LogP contribution in [0.2, 0.25) is 0 Å². The van der Waals surface area contributed by atoms with E-state index in [9.17, 15) is 4.79 Å². The number of aromatic nitrogens is 1. The highest BCUT2D eigenvalue weighted by Gasteiger charge is 2.10. The van der Waals surface area contributed by atoms with E-state index < -0.39 is 5.97 Å². The topological polar surface area (TPSA) is 62.2 Å². The first kappa shape index (κ1) is 15.5. The number of carboxylic acid groups (broad SMARTS) is 1. The highest BCUT2D eigenvalue weighted by atomic mass is 16.4. The molecule has 0 aliphatic carbocycles. The lowest BCUT2D eigenvalue weighted by Gasteiger charge is -2.16. The molecule has 0 aromatic carbocycles.